The summed E-state index contributed by atoms with van der Waals surface area (Å²) in [6.45, 7) is 0.449. The second-order valence-corrected chi connectivity index (χ2v) is 3.90. The first-order valence-corrected chi connectivity index (χ1v) is 5.72. The van der Waals surface area contributed by atoms with Gasteiger partial charge in [0.05, 0.1) is 18.1 Å². The molecule has 0 radical (unpaired) electrons. The van der Waals surface area contributed by atoms with Crippen LogP contribution in [0.5, 0.6) is 0 Å². The van der Waals surface area contributed by atoms with Gasteiger partial charge < -0.3 is 19.6 Å². The molecule has 2 aromatic heterocycles. The molecule has 0 atom stereocenters. The zero-order valence-corrected chi connectivity index (χ0v) is 10.0. The minimum atomic E-state index is -1.08. The molecule has 0 unspecified atom stereocenters. The van der Waals surface area contributed by atoms with Crippen LogP contribution >= 0.6 is 0 Å². The van der Waals surface area contributed by atoms with Crippen LogP contribution in [0.4, 0.5) is 5.69 Å². The third-order valence-electron chi connectivity index (χ3n) is 2.40. The maximum absolute atomic E-state index is 11.7. The lowest BCUT2D eigenvalue weighted by Gasteiger charge is -2.02. The number of amides is 1. The Morgan fingerprint density at radius 1 is 1.47 bits per heavy atom. The van der Waals surface area contributed by atoms with Crippen LogP contribution in [0.15, 0.2) is 35.2 Å². The van der Waals surface area contributed by atoms with E-state index in [-0.39, 0.29) is 18.1 Å². The van der Waals surface area contributed by atoms with Crippen molar-refractivity contribution in [3.63, 3.8) is 0 Å². The van der Waals surface area contributed by atoms with Gasteiger partial charge in [0.2, 0.25) is 0 Å². The number of nitrogens with zero attached hydrogens (tertiary/aromatic N) is 2. The van der Waals surface area contributed by atoms with E-state index >= 15 is 0 Å². The molecule has 7 heteroatoms. The third kappa shape index (κ3) is 3.70. The minimum Gasteiger partial charge on any atom is -0.550 e. The lowest BCUT2D eigenvalue weighted by Crippen LogP contribution is -2.22. The molecule has 0 aliphatic carbocycles. The smallest absolute Gasteiger partial charge is 0.291 e. The average Bonchev–Trinajstić information content (AvgIpc) is 2.99. The van der Waals surface area contributed by atoms with E-state index in [0.29, 0.717) is 18.7 Å². The van der Waals surface area contributed by atoms with Crippen molar-refractivity contribution in [2.45, 2.75) is 19.4 Å². The van der Waals surface area contributed by atoms with Crippen LogP contribution < -0.4 is 10.4 Å². The Kier molecular flexibility index (Phi) is 3.97. The molecule has 0 aromatic carbocycles. The number of hydrogen-bond donors (Lipinski definition) is 1. The number of aromatic nitrogens is 2. The second kappa shape index (κ2) is 5.85. The van der Waals surface area contributed by atoms with E-state index in [9.17, 15) is 14.7 Å². The molecule has 19 heavy (non-hydrogen) atoms. The maximum Gasteiger partial charge on any atom is 0.291 e. The summed E-state index contributed by atoms with van der Waals surface area (Å²) in [5.41, 5.74) is 0.523. The molecule has 0 saturated heterocycles. The predicted octanol–water partition coefficient (Wildman–Crippen LogP) is 0.258. The van der Waals surface area contributed by atoms with Crippen molar-refractivity contribution in [2.75, 3.05) is 5.32 Å². The molecular formula is C12H12N3O4-. The Morgan fingerprint density at radius 2 is 2.32 bits per heavy atom. The molecular weight excluding hydrogens is 250 g/mol. The van der Waals surface area contributed by atoms with Gasteiger partial charge in [0.25, 0.3) is 5.91 Å². The van der Waals surface area contributed by atoms with Crippen LogP contribution in [-0.2, 0) is 11.3 Å². The molecule has 0 aliphatic heterocycles. The van der Waals surface area contributed by atoms with E-state index in [1.165, 1.54) is 12.5 Å². The van der Waals surface area contributed by atoms with Crippen molar-refractivity contribution >= 4 is 17.6 Å². The van der Waals surface area contributed by atoms with E-state index in [2.05, 4.69) is 10.4 Å². The molecule has 0 bridgehead atoms. The number of aryl methyl sites for hydroxylation is 1. The molecule has 1 amide bonds. The highest BCUT2D eigenvalue weighted by atomic mass is 16.4. The number of anilines is 1. The summed E-state index contributed by atoms with van der Waals surface area (Å²) in [5, 5.41) is 16.9. The van der Waals surface area contributed by atoms with Crippen LogP contribution in [0.25, 0.3) is 0 Å². The summed E-state index contributed by atoms with van der Waals surface area (Å²) in [6, 6.07) is 3.18. The molecule has 2 rings (SSSR count). The topological polar surface area (TPSA) is 100 Å². The van der Waals surface area contributed by atoms with Crippen molar-refractivity contribution in [3.05, 3.63) is 36.5 Å². The monoisotopic (exact) mass is 262 g/mol. The number of carboxylic acids is 1. The van der Waals surface area contributed by atoms with Crippen molar-refractivity contribution in [1.29, 1.82) is 0 Å². The van der Waals surface area contributed by atoms with Crippen molar-refractivity contribution in [1.82, 2.24) is 9.78 Å². The standard InChI is InChI=1S/C12H13N3O4/c16-11(17)4-1-5-15-8-9(7-13-15)14-12(18)10-3-2-6-19-10/h2-3,6-8H,1,4-5H2,(H,14,18)(H,16,17)/p-1. The lowest BCUT2D eigenvalue weighted by atomic mass is 10.3. The SMILES string of the molecule is O=C([O-])CCCn1cc(NC(=O)c2ccco2)cn1. The highest BCUT2D eigenvalue weighted by molar-refractivity contribution is 6.02. The third-order valence-corrected chi connectivity index (χ3v) is 2.40. The van der Waals surface area contributed by atoms with Gasteiger partial charge in [0, 0.05) is 18.7 Å². The van der Waals surface area contributed by atoms with Crippen LogP contribution in [0, 0.1) is 0 Å². The first kappa shape index (κ1) is 12.9. The Morgan fingerprint density at radius 3 is 3.00 bits per heavy atom. The van der Waals surface area contributed by atoms with E-state index < -0.39 is 5.97 Å². The molecule has 0 spiro atoms. The summed E-state index contributed by atoms with van der Waals surface area (Å²) >= 11 is 0. The van der Waals surface area contributed by atoms with E-state index in [0.717, 1.165) is 0 Å². The zero-order chi connectivity index (χ0) is 13.7. The van der Waals surface area contributed by atoms with Gasteiger partial charge in [-0.1, -0.05) is 0 Å². The van der Waals surface area contributed by atoms with Gasteiger partial charge in [-0.25, -0.2) is 0 Å². The quantitative estimate of drug-likeness (QED) is 0.804. The number of carbonyl (C=O) groups excluding carboxylic acids is 2. The Labute approximate surface area is 108 Å². The molecule has 7 nitrogen and oxygen atoms in total. The average molecular weight is 262 g/mol. The largest absolute Gasteiger partial charge is 0.550 e. The second-order valence-electron chi connectivity index (χ2n) is 3.90. The molecule has 0 aliphatic rings. The molecule has 2 heterocycles. The van der Waals surface area contributed by atoms with Gasteiger partial charge in [0.1, 0.15) is 0 Å². The number of carbonyl (C=O) groups is 2. The van der Waals surface area contributed by atoms with Crippen LogP contribution in [0.3, 0.4) is 0 Å². The van der Waals surface area contributed by atoms with Gasteiger partial charge in [-0.2, -0.15) is 5.10 Å². The highest BCUT2D eigenvalue weighted by Gasteiger charge is 2.09. The van der Waals surface area contributed by atoms with Crippen LogP contribution in [0.2, 0.25) is 0 Å². The van der Waals surface area contributed by atoms with E-state index in [1.54, 1.807) is 23.0 Å². The summed E-state index contributed by atoms with van der Waals surface area (Å²) in [6.07, 6.45) is 4.93. The fraction of sp³-hybridized carbons (Fsp3) is 0.250. The van der Waals surface area contributed by atoms with Crippen molar-refractivity contribution in [2.24, 2.45) is 0 Å². The molecule has 100 valence electrons. The van der Waals surface area contributed by atoms with Crippen molar-refractivity contribution in [3.8, 4) is 0 Å². The number of nitrogens with one attached hydrogen (secondary N) is 1. The predicted molar refractivity (Wildman–Crippen MR) is 63.1 cm³/mol. The number of rotatable bonds is 6. The molecule has 0 fully saturated rings. The van der Waals surface area contributed by atoms with Gasteiger partial charge in [-0.3, -0.25) is 9.48 Å². The Bertz CT molecular complexity index is 559. The normalized spacial score (nSPS) is 10.3. The summed E-state index contributed by atoms with van der Waals surface area (Å²) in [7, 11) is 0. The van der Waals surface area contributed by atoms with E-state index in [1.807, 2.05) is 0 Å². The number of carboxylic acid groups (broad SMARTS) is 1. The van der Waals surface area contributed by atoms with Crippen LogP contribution in [0.1, 0.15) is 23.4 Å². The van der Waals surface area contributed by atoms with Gasteiger partial charge in [-0.05, 0) is 25.0 Å². The Hall–Kier alpha value is -2.57. The first-order chi connectivity index (χ1) is 9.15. The summed E-state index contributed by atoms with van der Waals surface area (Å²) < 4.78 is 6.51. The highest BCUT2D eigenvalue weighted by Crippen LogP contribution is 2.09. The maximum atomic E-state index is 11.7. The van der Waals surface area contributed by atoms with E-state index in [4.69, 9.17) is 4.42 Å². The fourth-order valence-electron chi connectivity index (χ4n) is 1.54. The number of aliphatic carboxylic acids is 1. The molecule has 2 aromatic rings. The van der Waals surface area contributed by atoms with Gasteiger partial charge >= 0.3 is 0 Å². The van der Waals surface area contributed by atoms with Crippen molar-refractivity contribution < 1.29 is 19.1 Å². The zero-order valence-electron chi connectivity index (χ0n) is 10.0. The fourth-order valence-corrected chi connectivity index (χ4v) is 1.54. The first-order valence-electron chi connectivity index (χ1n) is 5.72. The summed E-state index contributed by atoms with van der Waals surface area (Å²) in [5.74, 6) is -1.23. The lowest BCUT2D eigenvalue weighted by molar-refractivity contribution is -0.305. The number of furan rings is 1. The molecule has 0 saturated carbocycles. The molecule has 1 N–H and O–H groups in total. The van der Waals surface area contributed by atoms with Gasteiger partial charge in [-0.15, -0.1) is 0 Å². The Balaban J connectivity index is 1.87. The minimum absolute atomic E-state index is 0.0199. The summed E-state index contributed by atoms with van der Waals surface area (Å²) in [4.78, 5) is 21.9. The number of hydrogen-bond acceptors (Lipinski definition) is 5. The van der Waals surface area contributed by atoms with Gasteiger partial charge in [0.15, 0.2) is 5.76 Å². The van der Waals surface area contributed by atoms with Crippen LogP contribution in [-0.4, -0.2) is 21.7 Å².